The number of aromatic nitrogens is 1. The van der Waals surface area contributed by atoms with Gasteiger partial charge < -0.3 is 9.84 Å². The molecule has 1 aliphatic rings. The summed E-state index contributed by atoms with van der Waals surface area (Å²) in [7, 11) is 0. The average Bonchev–Trinajstić information content (AvgIpc) is 3.02. The largest absolute Gasteiger partial charge is 0.489 e. The summed E-state index contributed by atoms with van der Waals surface area (Å²) in [6, 6.07) is 17.5. The molecule has 2 heterocycles. The number of nitrogens with zero attached hydrogens (tertiary/aromatic N) is 1. The van der Waals surface area contributed by atoms with Gasteiger partial charge in [0.1, 0.15) is 12.4 Å². The van der Waals surface area contributed by atoms with E-state index in [0.29, 0.717) is 18.1 Å². The molecule has 1 aromatic heterocycles. The first-order chi connectivity index (χ1) is 17.4. The van der Waals surface area contributed by atoms with Gasteiger partial charge in [-0.3, -0.25) is 4.79 Å². The van der Waals surface area contributed by atoms with Crippen LogP contribution in [-0.2, 0) is 11.4 Å². The Labute approximate surface area is 209 Å². The SMILES string of the molecule is O=C(O)CCSC1c2ccccc2COc2ccc(/C=C/c3ccc4c(F)c(F)c(F)cc4n3)cc21. The fourth-order valence-corrected chi connectivity index (χ4v) is 5.46. The molecule has 5 rings (SSSR count). The Morgan fingerprint density at radius 3 is 2.69 bits per heavy atom. The molecule has 0 saturated carbocycles. The number of aliphatic carboxylic acids is 1. The second-order valence-corrected chi connectivity index (χ2v) is 9.51. The zero-order valence-corrected chi connectivity index (χ0v) is 19.7. The fourth-order valence-electron chi connectivity index (χ4n) is 4.16. The first-order valence-electron chi connectivity index (χ1n) is 11.2. The van der Waals surface area contributed by atoms with Crippen molar-refractivity contribution in [3.05, 3.63) is 106 Å². The Morgan fingerprint density at radius 2 is 1.86 bits per heavy atom. The highest BCUT2D eigenvalue weighted by atomic mass is 32.2. The van der Waals surface area contributed by atoms with Gasteiger partial charge in [0.15, 0.2) is 17.5 Å². The minimum absolute atomic E-state index is 0.0235. The normalized spacial score (nSPS) is 14.8. The summed E-state index contributed by atoms with van der Waals surface area (Å²) in [4.78, 5) is 15.3. The van der Waals surface area contributed by atoms with Crippen LogP contribution in [0.25, 0.3) is 23.1 Å². The molecule has 0 bridgehead atoms. The lowest BCUT2D eigenvalue weighted by Gasteiger charge is -2.19. The third kappa shape index (κ3) is 4.81. The summed E-state index contributed by atoms with van der Waals surface area (Å²) >= 11 is 1.55. The number of pyridine rings is 1. The highest BCUT2D eigenvalue weighted by Crippen LogP contribution is 2.44. The predicted molar refractivity (Wildman–Crippen MR) is 134 cm³/mol. The second kappa shape index (κ2) is 10.1. The molecule has 0 spiro atoms. The minimum atomic E-state index is -1.52. The van der Waals surface area contributed by atoms with Crippen LogP contribution < -0.4 is 4.74 Å². The van der Waals surface area contributed by atoms with Crippen LogP contribution in [0.2, 0.25) is 0 Å². The van der Waals surface area contributed by atoms with E-state index < -0.39 is 23.4 Å². The van der Waals surface area contributed by atoms with E-state index in [1.54, 1.807) is 17.8 Å². The van der Waals surface area contributed by atoms with Gasteiger partial charge in [0.05, 0.1) is 22.9 Å². The lowest BCUT2D eigenvalue weighted by Crippen LogP contribution is -2.03. The Balaban J connectivity index is 1.48. The van der Waals surface area contributed by atoms with Crippen LogP contribution in [-0.4, -0.2) is 21.8 Å². The number of fused-ring (bicyclic) bond motifs is 3. The molecule has 0 saturated heterocycles. The Kier molecular flexibility index (Phi) is 6.69. The van der Waals surface area contributed by atoms with E-state index in [1.807, 2.05) is 48.5 Å². The van der Waals surface area contributed by atoms with Crippen LogP contribution in [0.3, 0.4) is 0 Å². The lowest BCUT2D eigenvalue weighted by atomic mass is 9.98. The molecule has 36 heavy (non-hydrogen) atoms. The molecule has 182 valence electrons. The smallest absolute Gasteiger partial charge is 0.304 e. The van der Waals surface area contributed by atoms with Gasteiger partial charge in [-0.05, 0) is 47.0 Å². The summed E-state index contributed by atoms with van der Waals surface area (Å²) in [6.45, 7) is 0.420. The number of thioether (sulfide) groups is 1. The van der Waals surface area contributed by atoms with E-state index >= 15 is 0 Å². The van der Waals surface area contributed by atoms with Crippen molar-refractivity contribution >= 4 is 40.8 Å². The molecular weight excluding hydrogens is 487 g/mol. The van der Waals surface area contributed by atoms with Gasteiger partial charge in [-0.15, -0.1) is 11.8 Å². The lowest BCUT2D eigenvalue weighted by molar-refractivity contribution is -0.136. The molecule has 1 unspecified atom stereocenters. The molecule has 3 aromatic carbocycles. The Hall–Kier alpha value is -3.78. The maximum atomic E-state index is 14.0. The first kappa shape index (κ1) is 23.9. The topological polar surface area (TPSA) is 59.4 Å². The zero-order chi connectivity index (χ0) is 25.2. The molecule has 1 aliphatic heterocycles. The van der Waals surface area contributed by atoms with Crippen molar-refractivity contribution in [1.29, 1.82) is 0 Å². The van der Waals surface area contributed by atoms with Crippen molar-refractivity contribution in [2.24, 2.45) is 0 Å². The van der Waals surface area contributed by atoms with Gasteiger partial charge in [0.25, 0.3) is 0 Å². The van der Waals surface area contributed by atoms with Crippen molar-refractivity contribution in [3.8, 4) is 5.75 Å². The molecule has 0 radical (unpaired) electrons. The van der Waals surface area contributed by atoms with Gasteiger partial charge in [0, 0.05) is 22.8 Å². The van der Waals surface area contributed by atoms with Crippen molar-refractivity contribution in [2.75, 3.05) is 5.75 Å². The van der Waals surface area contributed by atoms with E-state index in [1.165, 1.54) is 12.1 Å². The average molecular weight is 508 g/mol. The van der Waals surface area contributed by atoms with Crippen LogP contribution in [0, 0.1) is 17.5 Å². The maximum Gasteiger partial charge on any atom is 0.304 e. The standard InChI is InChI=1S/C28H20F3NO3S/c29-22-14-23-20(26(30)27(22)31)9-8-18(32-23)7-5-16-6-10-24-21(13-16)28(36-12-11-25(33)34)19-4-2-1-3-17(19)15-35-24/h1-10,13-14,28H,11-12,15H2,(H,33,34)/b7-5+. The third-order valence-corrected chi connectivity index (χ3v) is 7.21. The van der Waals surface area contributed by atoms with Crippen LogP contribution in [0.5, 0.6) is 5.75 Å². The fraction of sp³-hybridized carbons (Fsp3) is 0.143. The highest BCUT2D eigenvalue weighted by Gasteiger charge is 2.25. The molecule has 4 aromatic rings. The number of carboxylic acid groups (broad SMARTS) is 1. The predicted octanol–water partition coefficient (Wildman–Crippen LogP) is 7.01. The van der Waals surface area contributed by atoms with Crippen LogP contribution in [0.4, 0.5) is 13.2 Å². The van der Waals surface area contributed by atoms with Crippen LogP contribution in [0.1, 0.15) is 39.6 Å². The highest BCUT2D eigenvalue weighted by molar-refractivity contribution is 7.99. The molecule has 0 fully saturated rings. The third-order valence-electron chi connectivity index (χ3n) is 5.93. The number of rotatable bonds is 6. The molecule has 1 N–H and O–H groups in total. The number of ether oxygens (including phenoxy) is 1. The Bertz CT molecular complexity index is 1510. The van der Waals surface area contributed by atoms with E-state index in [2.05, 4.69) is 4.98 Å². The van der Waals surface area contributed by atoms with E-state index in [9.17, 15) is 18.0 Å². The molecule has 4 nitrogen and oxygen atoms in total. The molecule has 0 amide bonds. The van der Waals surface area contributed by atoms with Crippen molar-refractivity contribution < 1.29 is 27.8 Å². The summed E-state index contributed by atoms with van der Waals surface area (Å²) in [5.74, 6) is -3.73. The summed E-state index contributed by atoms with van der Waals surface area (Å²) in [5, 5.41) is 8.91. The number of carboxylic acids is 1. The van der Waals surface area contributed by atoms with Gasteiger partial charge in [-0.25, -0.2) is 18.2 Å². The first-order valence-corrected chi connectivity index (χ1v) is 12.3. The number of hydrogen-bond acceptors (Lipinski definition) is 4. The van der Waals surface area contributed by atoms with Gasteiger partial charge in [-0.2, -0.15) is 0 Å². The molecule has 0 aliphatic carbocycles. The Morgan fingerprint density at radius 1 is 1.03 bits per heavy atom. The van der Waals surface area contributed by atoms with Gasteiger partial charge in [0.2, 0.25) is 0 Å². The van der Waals surface area contributed by atoms with Crippen LogP contribution >= 0.6 is 11.8 Å². The number of hydrogen-bond donors (Lipinski definition) is 1. The van der Waals surface area contributed by atoms with E-state index in [-0.39, 0.29) is 22.6 Å². The monoisotopic (exact) mass is 507 g/mol. The molecule has 1 atom stereocenters. The summed E-state index contributed by atoms with van der Waals surface area (Å²) < 4.78 is 47.2. The quantitative estimate of drug-likeness (QED) is 0.285. The van der Waals surface area contributed by atoms with E-state index in [4.69, 9.17) is 9.84 Å². The van der Waals surface area contributed by atoms with Crippen LogP contribution in [0.15, 0.2) is 60.7 Å². The number of halogens is 3. The maximum absolute atomic E-state index is 14.0. The molecule has 8 heteroatoms. The number of benzene rings is 3. The number of carbonyl (C=O) groups is 1. The van der Waals surface area contributed by atoms with E-state index in [0.717, 1.165) is 34.1 Å². The van der Waals surface area contributed by atoms with Crippen molar-refractivity contribution in [1.82, 2.24) is 4.98 Å². The second-order valence-electron chi connectivity index (χ2n) is 8.30. The zero-order valence-electron chi connectivity index (χ0n) is 18.9. The summed E-state index contributed by atoms with van der Waals surface area (Å²) in [6.07, 6.45) is 3.58. The molecular formula is C28H20F3NO3S. The van der Waals surface area contributed by atoms with Crippen molar-refractivity contribution in [2.45, 2.75) is 18.3 Å². The minimum Gasteiger partial charge on any atom is -0.489 e. The van der Waals surface area contributed by atoms with Gasteiger partial charge >= 0.3 is 5.97 Å². The summed E-state index contributed by atoms with van der Waals surface area (Å²) in [5.41, 5.74) is 4.39. The van der Waals surface area contributed by atoms with Crippen molar-refractivity contribution in [3.63, 3.8) is 0 Å². The van der Waals surface area contributed by atoms with Gasteiger partial charge in [-0.1, -0.05) is 36.4 Å².